The van der Waals surface area contributed by atoms with E-state index in [2.05, 4.69) is 95.2 Å². The average Bonchev–Trinajstić information content (AvgIpc) is 3.19. The summed E-state index contributed by atoms with van der Waals surface area (Å²) in [5.74, 6) is 1.68. The maximum Gasteiger partial charge on any atom is 0.294 e. The lowest BCUT2D eigenvalue weighted by molar-refractivity contribution is 0.483. The molecule has 1 aromatic carbocycles. The number of anilines is 1. The first-order valence-electron chi connectivity index (χ1n) is 16.3. The summed E-state index contributed by atoms with van der Waals surface area (Å²) in [6.45, 7) is 20.2. The first-order chi connectivity index (χ1) is 21.2. The molecule has 1 aliphatic carbocycles. The Morgan fingerprint density at radius 3 is 2.31 bits per heavy atom. The molecular formula is C38H51N2O4S+. The fourth-order valence-electron chi connectivity index (χ4n) is 6.30. The van der Waals surface area contributed by atoms with E-state index in [0.717, 1.165) is 78.3 Å². The van der Waals surface area contributed by atoms with Crippen molar-refractivity contribution < 1.29 is 17.4 Å². The number of unbranched alkanes of at least 4 members (excludes halogenated alkanes) is 3. The van der Waals surface area contributed by atoms with E-state index in [1.807, 2.05) is 30.4 Å². The van der Waals surface area contributed by atoms with E-state index in [-0.39, 0.29) is 10.3 Å². The number of fused-ring (bicyclic) bond motifs is 2. The molecular weight excluding hydrogens is 580 g/mol. The van der Waals surface area contributed by atoms with Gasteiger partial charge in [-0.05, 0) is 79.3 Å². The van der Waals surface area contributed by atoms with Gasteiger partial charge < -0.3 is 9.32 Å². The molecule has 2 heterocycles. The minimum Gasteiger partial charge on any atom is -0.456 e. The summed E-state index contributed by atoms with van der Waals surface area (Å²) in [6.07, 6.45) is 14.7. The van der Waals surface area contributed by atoms with Crippen molar-refractivity contribution in [1.29, 1.82) is 0 Å². The molecule has 0 bridgehead atoms. The van der Waals surface area contributed by atoms with Crippen LogP contribution in [0.25, 0.3) is 17.4 Å². The average molecular weight is 632 g/mol. The molecule has 0 saturated heterocycles. The molecule has 6 nitrogen and oxygen atoms in total. The standard InChI is InChI=1S/C38H50N2O4S/c1-9-12-13-17-24-40-34-23-21-30(45(41,42)43)27-33(34)38(7,8)36(40)19-16-14-15-18-29-26-32(37(4,5)6)31-22-20-28(25-35(31)44-29)39(10-2)11-3/h14-16,18-23,25-27H,9-13,17,24H2,1-8H3/p+1. The molecule has 4 rings (SSSR count). The predicted molar refractivity (Wildman–Crippen MR) is 187 cm³/mol. The molecule has 0 aromatic heterocycles. The van der Waals surface area contributed by atoms with Gasteiger partial charge in [0.15, 0.2) is 0 Å². The van der Waals surface area contributed by atoms with E-state index in [4.69, 9.17) is 4.42 Å². The van der Waals surface area contributed by atoms with Crippen LogP contribution in [0.5, 0.6) is 0 Å². The Kier molecular flexibility index (Phi) is 10.7. The Hall–Kier alpha value is -3.42. The van der Waals surface area contributed by atoms with Gasteiger partial charge in [-0.1, -0.05) is 79.0 Å². The second-order valence-electron chi connectivity index (χ2n) is 13.5. The lowest BCUT2D eigenvalue weighted by Gasteiger charge is -2.27. The van der Waals surface area contributed by atoms with E-state index in [1.54, 1.807) is 6.07 Å². The molecule has 0 fully saturated rings. The van der Waals surface area contributed by atoms with Crippen molar-refractivity contribution >= 4 is 21.9 Å². The number of benzene rings is 2. The molecule has 0 radical (unpaired) electrons. The first-order valence-corrected chi connectivity index (χ1v) is 17.8. The van der Waals surface area contributed by atoms with Crippen LogP contribution in [0.15, 0.2) is 81.8 Å². The number of nitrogens with zero attached hydrogens (tertiary/aromatic N) is 2. The quantitative estimate of drug-likeness (QED) is 0.0993. The molecule has 2 aliphatic heterocycles. The van der Waals surface area contributed by atoms with Crippen molar-refractivity contribution in [3.05, 3.63) is 94.7 Å². The number of allylic oxidation sites excluding steroid dienone is 5. The van der Waals surface area contributed by atoms with Gasteiger partial charge in [0.05, 0.1) is 11.0 Å². The first kappa shape index (κ1) is 34.5. The molecule has 0 saturated carbocycles. The molecule has 0 amide bonds. The highest BCUT2D eigenvalue weighted by Gasteiger charge is 2.40. The van der Waals surface area contributed by atoms with Crippen LogP contribution in [-0.4, -0.2) is 32.6 Å². The summed E-state index contributed by atoms with van der Waals surface area (Å²) in [6, 6.07) is 13.6. The Balaban J connectivity index is 1.69. The molecule has 1 aromatic rings. The van der Waals surface area contributed by atoms with Crippen LogP contribution in [0, 0.1) is 0 Å². The van der Waals surface area contributed by atoms with Gasteiger partial charge >= 0.3 is 0 Å². The minimum absolute atomic E-state index is 0.0481. The highest BCUT2D eigenvalue weighted by Crippen LogP contribution is 2.48. The van der Waals surface area contributed by atoms with Crippen molar-refractivity contribution in [3.8, 4) is 11.3 Å². The second-order valence-corrected chi connectivity index (χ2v) is 14.9. The fraction of sp³-hybridized carbons (Fsp3) is 0.447. The fourth-order valence-corrected chi connectivity index (χ4v) is 6.80. The Bertz CT molecular complexity index is 1740. The molecule has 7 heteroatoms. The summed E-state index contributed by atoms with van der Waals surface area (Å²) in [5, 5.41) is 1.16. The lowest BCUT2D eigenvalue weighted by Crippen LogP contribution is -2.29. The molecule has 0 atom stereocenters. The maximum absolute atomic E-state index is 11.9. The maximum atomic E-state index is 11.9. The second kappa shape index (κ2) is 13.9. The van der Waals surface area contributed by atoms with Crippen LogP contribution >= 0.6 is 0 Å². The summed E-state index contributed by atoms with van der Waals surface area (Å²) >= 11 is 0. The normalized spacial score (nSPS) is 16.0. The topological polar surface area (TPSA) is 73.8 Å². The Labute approximate surface area is 270 Å². The van der Waals surface area contributed by atoms with Crippen molar-refractivity contribution in [3.63, 3.8) is 0 Å². The zero-order valence-corrected chi connectivity index (χ0v) is 29.2. The molecule has 0 spiro atoms. The Morgan fingerprint density at radius 1 is 0.933 bits per heavy atom. The molecule has 0 unspecified atom stereocenters. The molecule has 3 aliphatic rings. The molecule has 45 heavy (non-hydrogen) atoms. The third kappa shape index (κ3) is 7.70. The third-order valence-electron chi connectivity index (χ3n) is 8.84. The smallest absolute Gasteiger partial charge is 0.294 e. The molecule has 242 valence electrons. The van der Waals surface area contributed by atoms with Gasteiger partial charge in [-0.3, -0.25) is 4.55 Å². The predicted octanol–water partition coefficient (Wildman–Crippen LogP) is 8.57. The largest absolute Gasteiger partial charge is 0.456 e. The van der Waals surface area contributed by atoms with E-state index in [9.17, 15) is 13.0 Å². The van der Waals surface area contributed by atoms with E-state index in [1.165, 1.54) is 18.1 Å². The van der Waals surface area contributed by atoms with Crippen LogP contribution in [0.2, 0.25) is 0 Å². The van der Waals surface area contributed by atoms with Gasteiger partial charge in [0, 0.05) is 35.0 Å². The summed E-state index contributed by atoms with van der Waals surface area (Å²) in [7, 11) is -4.29. The van der Waals surface area contributed by atoms with Gasteiger partial charge in [0.1, 0.15) is 24.6 Å². The monoisotopic (exact) mass is 631 g/mol. The van der Waals surface area contributed by atoms with Gasteiger partial charge in [-0.2, -0.15) is 8.42 Å². The minimum atomic E-state index is -4.29. The zero-order valence-electron chi connectivity index (χ0n) is 28.4. The van der Waals surface area contributed by atoms with Crippen LogP contribution in [0.1, 0.15) is 98.0 Å². The van der Waals surface area contributed by atoms with Gasteiger partial charge in [0.25, 0.3) is 10.1 Å². The highest BCUT2D eigenvalue weighted by atomic mass is 32.2. The van der Waals surface area contributed by atoms with E-state index in [0.29, 0.717) is 0 Å². The molecule has 1 N–H and O–H groups in total. The SMILES string of the molecule is CCCCCCN1/C(=C/C=C/C=C/c2cc(C(C)(C)C)c3ccc(=[N+](CC)CC)cc-3o2)C(C)(C)c2cc(S(=O)(=O)O)ccc21. The van der Waals surface area contributed by atoms with Crippen molar-refractivity contribution in [2.75, 3.05) is 24.5 Å². The van der Waals surface area contributed by atoms with Gasteiger partial charge in [-0.15, -0.1) is 0 Å². The third-order valence-corrected chi connectivity index (χ3v) is 9.69. The van der Waals surface area contributed by atoms with Crippen LogP contribution in [0.4, 0.5) is 5.69 Å². The van der Waals surface area contributed by atoms with E-state index >= 15 is 0 Å². The van der Waals surface area contributed by atoms with Crippen LogP contribution in [0.3, 0.4) is 0 Å². The van der Waals surface area contributed by atoms with Crippen LogP contribution in [-0.2, 0) is 20.9 Å². The van der Waals surface area contributed by atoms with Crippen molar-refractivity contribution in [1.82, 2.24) is 4.58 Å². The van der Waals surface area contributed by atoms with Gasteiger partial charge in [0.2, 0.25) is 5.36 Å². The number of hydrogen-bond donors (Lipinski definition) is 1. The summed E-state index contributed by atoms with van der Waals surface area (Å²) in [4.78, 5) is 2.23. The summed E-state index contributed by atoms with van der Waals surface area (Å²) in [5.41, 5.74) is 4.88. The number of rotatable bonds is 11. The lowest BCUT2D eigenvalue weighted by atomic mass is 9.83. The van der Waals surface area contributed by atoms with Gasteiger partial charge in [-0.25, -0.2) is 4.58 Å². The van der Waals surface area contributed by atoms with Crippen LogP contribution < -0.4 is 14.8 Å². The summed E-state index contributed by atoms with van der Waals surface area (Å²) < 4.78 is 42.3. The number of hydrogen-bond acceptors (Lipinski definition) is 4. The zero-order chi connectivity index (χ0) is 33.0. The highest BCUT2D eigenvalue weighted by molar-refractivity contribution is 7.85. The van der Waals surface area contributed by atoms with E-state index < -0.39 is 15.5 Å². The van der Waals surface area contributed by atoms with Crippen molar-refractivity contribution in [2.45, 2.75) is 96.8 Å². The van der Waals surface area contributed by atoms with Crippen molar-refractivity contribution in [2.24, 2.45) is 0 Å². The Morgan fingerprint density at radius 2 is 1.67 bits per heavy atom.